The molecule has 0 bridgehead atoms. The highest BCUT2D eigenvalue weighted by molar-refractivity contribution is 7.97. The van der Waals surface area contributed by atoms with Crippen molar-refractivity contribution in [2.75, 3.05) is 0 Å². The number of nitrogens with one attached hydrogen (secondary N) is 1. The van der Waals surface area contributed by atoms with Crippen molar-refractivity contribution in [3.05, 3.63) is 59.3 Å². The van der Waals surface area contributed by atoms with Crippen LogP contribution in [0.4, 0.5) is 4.39 Å². The number of hydrogen-bond donors (Lipinski definition) is 1. The molecule has 1 N–H and O–H groups in total. The van der Waals surface area contributed by atoms with Crippen LogP contribution in [-0.2, 0) is 11.5 Å². The van der Waals surface area contributed by atoms with Crippen molar-refractivity contribution < 1.29 is 13.6 Å². The Labute approximate surface area is 139 Å². The maximum Gasteiger partial charge on any atom is 0.287 e. The highest BCUT2D eigenvalue weighted by Crippen LogP contribution is 2.22. The molecule has 0 radical (unpaired) electrons. The molecule has 0 saturated heterocycles. The minimum Gasteiger partial charge on any atom is -0.455 e. The van der Waals surface area contributed by atoms with Gasteiger partial charge in [-0.2, -0.15) is 0 Å². The van der Waals surface area contributed by atoms with Crippen molar-refractivity contribution in [1.29, 1.82) is 0 Å². The first-order valence-electron chi connectivity index (χ1n) is 7.93. The zero-order chi connectivity index (χ0) is 16.1. The third kappa shape index (κ3) is 4.38. The molecule has 1 fully saturated rings. The van der Waals surface area contributed by atoms with Gasteiger partial charge in [0.2, 0.25) is 0 Å². The van der Waals surface area contributed by atoms with Gasteiger partial charge in [0.05, 0.1) is 5.75 Å². The fourth-order valence-corrected chi connectivity index (χ4v) is 3.69. The second-order valence-corrected chi connectivity index (χ2v) is 6.79. The Morgan fingerprint density at radius 2 is 1.96 bits per heavy atom. The number of halogens is 1. The lowest BCUT2D eigenvalue weighted by molar-refractivity contribution is 0.0908. The summed E-state index contributed by atoms with van der Waals surface area (Å²) in [5, 5.41) is 3.01. The van der Waals surface area contributed by atoms with Crippen LogP contribution in [0.25, 0.3) is 0 Å². The fourth-order valence-electron chi connectivity index (χ4n) is 2.78. The molecule has 1 saturated carbocycles. The van der Waals surface area contributed by atoms with Gasteiger partial charge < -0.3 is 9.73 Å². The highest BCUT2D eigenvalue weighted by atomic mass is 32.2. The quantitative estimate of drug-likeness (QED) is 0.845. The summed E-state index contributed by atoms with van der Waals surface area (Å²) in [5.41, 5.74) is 0.684. The predicted octanol–water partition coefficient (Wildman–Crippen LogP) is 4.52. The van der Waals surface area contributed by atoms with Gasteiger partial charge in [0, 0.05) is 11.8 Å². The Morgan fingerprint density at radius 3 is 2.74 bits per heavy atom. The molecule has 2 aromatic rings. The van der Waals surface area contributed by atoms with Crippen LogP contribution in [0.5, 0.6) is 0 Å². The summed E-state index contributed by atoms with van der Waals surface area (Å²) in [6, 6.07) is 10.6. The molecule has 0 unspecified atom stereocenters. The van der Waals surface area contributed by atoms with Crippen LogP contribution in [0.15, 0.2) is 40.8 Å². The van der Waals surface area contributed by atoms with Gasteiger partial charge in [0.15, 0.2) is 5.76 Å². The molecule has 1 aromatic carbocycles. The van der Waals surface area contributed by atoms with E-state index in [-0.39, 0.29) is 17.8 Å². The van der Waals surface area contributed by atoms with Gasteiger partial charge >= 0.3 is 0 Å². The number of carbonyl (C=O) groups excluding carboxylic acids is 1. The van der Waals surface area contributed by atoms with Gasteiger partial charge in [-0.05, 0) is 36.6 Å². The molecular weight excluding hydrogens is 313 g/mol. The summed E-state index contributed by atoms with van der Waals surface area (Å²) in [4.78, 5) is 12.1. The van der Waals surface area contributed by atoms with Crippen LogP contribution in [0.2, 0.25) is 0 Å². The lowest BCUT2D eigenvalue weighted by Crippen LogP contribution is -2.32. The largest absolute Gasteiger partial charge is 0.455 e. The van der Waals surface area contributed by atoms with Crippen LogP contribution in [0, 0.1) is 5.82 Å². The fraction of sp³-hybridized carbons (Fsp3) is 0.389. The Balaban J connectivity index is 1.49. The van der Waals surface area contributed by atoms with E-state index >= 15 is 0 Å². The average Bonchev–Trinajstić information content (AvgIpc) is 3.21. The van der Waals surface area contributed by atoms with Crippen molar-refractivity contribution in [1.82, 2.24) is 5.32 Å². The van der Waals surface area contributed by atoms with Gasteiger partial charge in [0.25, 0.3) is 5.91 Å². The van der Waals surface area contributed by atoms with Gasteiger partial charge in [-0.25, -0.2) is 4.39 Å². The van der Waals surface area contributed by atoms with E-state index in [0.717, 1.165) is 18.6 Å². The first kappa shape index (κ1) is 16.1. The standard InChI is InChI=1S/C18H20FNO2S/c19-16-8-4-1-5-13(16)11-23-12-15-9-10-17(22-15)18(21)20-14-6-2-3-7-14/h1,4-5,8-10,14H,2-3,6-7,11-12H2,(H,20,21). The highest BCUT2D eigenvalue weighted by Gasteiger charge is 2.19. The Kier molecular flexibility index (Phi) is 5.39. The van der Waals surface area contributed by atoms with E-state index in [1.165, 1.54) is 18.9 Å². The van der Waals surface area contributed by atoms with Crippen LogP contribution >= 0.6 is 11.8 Å². The second kappa shape index (κ2) is 7.68. The zero-order valence-electron chi connectivity index (χ0n) is 12.9. The van der Waals surface area contributed by atoms with Gasteiger partial charge in [0.1, 0.15) is 11.6 Å². The lowest BCUT2D eigenvalue weighted by atomic mass is 10.2. The van der Waals surface area contributed by atoms with Crippen LogP contribution < -0.4 is 5.32 Å². The number of furan rings is 1. The van der Waals surface area contributed by atoms with Crippen LogP contribution in [-0.4, -0.2) is 11.9 Å². The third-order valence-corrected chi connectivity index (χ3v) is 5.04. The van der Waals surface area contributed by atoms with E-state index < -0.39 is 0 Å². The molecule has 122 valence electrons. The number of thioether (sulfide) groups is 1. The second-order valence-electron chi connectivity index (χ2n) is 5.81. The molecule has 1 aromatic heterocycles. The molecule has 3 rings (SSSR count). The Bertz CT molecular complexity index is 665. The first-order valence-corrected chi connectivity index (χ1v) is 9.08. The maximum atomic E-state index is 13.5. The average molecular weight is 333 g/mol. The van der Waals surface area contributed by atoms with Crippen molar-refractivity contribution in [3.8, 4) is 0 Å². The summed E-state index contributed by atoms with van der Waals surface area (Å²) < 4.78 is 19.1. The molecule has 5 heteroatoms. The molecule has 0 aliphatic heterocycles. The third-order valence-electron chi connectivity index (χ3n) is 4.04. The van der Waals surface area contributed by atoms with Gasteiger partial charge in [-0.1, -0.05) is 31.0 Å². The van der Waals surface area contributed by atoms with Crippen molar-refractivity contribution in [2.24, 2.45) is 0 Å². The molecule has 23 heavy (non-hydrogen) atoms. The van der Waals surface area contributed by atoms with Crippen molar-refractivity contribution in [3.63, 3.8) is 0 Å². The molecule has 1 aliphatic carbocycles. The number of amides is 1. The Morgan fingerprint density at radius 1 is 1.17 bits per heavy atom. The molecule has 1 amide bonds. The summed E-state index contributed by atoms with van der Waals surface area (Å²) in [7, 11) is 0. The van der Waals surface area contributed by atoms with Crippen LogP contribution in [0.1, 0.15) is 47.6 Å². The minimum atomic E-state index is -0.184. The molecule has 0 spiro atoms. The van der Waals surface area contributed by atoms with E-state index in [0.29, 0.717) is 22.8 Å². The van der Waals surface area contributed by atoms with E-state index in [1.807, 2.05) is 12.1 Å². The number of rotatable bonds is 6. The molecule has 1 aliphatic rings. The number of hydrogen-bond acceptors (Lipinski definition) is 3. The monoisotopic (exact) mass is 333 g/mol. The summed E-state index contributed by atoms with van der Waals surface area (Å²) in [6.45, 7) is 0. The summed E-state index contributed by atoms with van der Waals surface area (Å²) in [6.07, 6.45) is 4.47. The SMILES string of the molecule is O=C(NC1CCCC1)c1ccc(CSCc2ccccc2F)o1. The van der Waals surface area contributed by atoms with Crippen molar-refractivity contribution >= 4 is 17.7 Å². The van der Waals surface area contributed by atoms with Crippen molar-refractivity contribution in [2.45, 2.75) is 43.2 Å². The summed E-state index contributed by atoms with van der Waals surface area (Å²) >= 11 is 1.57. The topological polar surface area (TPSA) is 42.2 Å². The smallest absolute Gasteiger partial charge is 0.287 e. The van der Waals surface area contributed by atoms with Crippen LogP contribution in [0.3, 0.4) is 0 Å². The lowest BCUT2D eigenvalue weighted by Gasteiger charge is -2.09. The van der Waals surface area contributed by atoms with E-state index in [1.54, 1.807) is 30.0 Å². The first-order chi connectivity index (χ1) is 11.2. The Hall–Kier alpha value is -1.75. The van der Waals surface area contributed by atoms with E-state index in [4.69, 9.17) is 4.42 Å². The van der Waals surface area contributed by atoms with E-state index in [2.05, 4.69) is 5.32 Å². The molecule has 1 heterocycles. The maximum absolute atomic E-state index is 13.5. The number of carbonyl (C=O) groups is 1. The summed E-state index contributed by atoms with van der Waals surface area (Å²) in [5.74, 6) is 1.97. The van der Waals surface area contributed by atoms with Gasteiger partial charge in [-0.15, -0.1) is 11.8 Å². The number of benzene rings is 1. The molecular formula is C18H20FNO2S. The molecule has 3 nitrogen and oxygen atoms in total. The predicted molar refractivity (Wildman–Crippen MR) is 89.8 cm³/mol. The van der Waals surface area contributed by atoms with Gasteiger partial charge in [-0.3, -0.25) is 4.79 Å². The minimum absolute atomic E-state index is 0.137. The molecule has 0 atom stereocenters. The van der Waals surface area contributed by atoms with E-state index in [9.17, 15) is 9.18 Å². The normalized spacial score (nSPS) is 15.0. The zero-order valence-corrected chi connectivity index (χ0v) is 13.7.